The van der Waals surface area contributed by atoms with Crippen LogP contribution in [0.1, 0.15) is 95.4 Å². The molecule has 0 radical (unpaired) electrons. The van der Waals surface area contributed by atoms with Crippen molar-refractivity contribution in [1.29, 1.82) is 0 Å². The van der Waals surface area contributed by atoms with E-state index in [0.717, 1.165) is 32.1 Å². The van der Waals surface area contributed by atoms with Gasteiger partial charge in [-0.05, 0) is 56.7 Å². The Morgan fingerprint density at radius 1 is 1.10 bits per heavy atom. The molecule has 1 aliphatic rings. The number of aromatic carboxylic acids is 1. The van der Waals surface area contributed by atoms with E-state index in [9.17, 15) is 24.3 Å². The van der Waals surface area contributed by atoms with Crippen molar-refractivity contribution < 1.29 is 33.8 Å². The van der Waals surface area contributed by atoms with Crippen LogP contribution in [0.4, 0.5) is 0 Å². The molecule has 0 fully saturated rings. The molecule has 0 aromatic heterocycles. The summed E-state index contributed by atoms with van der Waals surface area (Å²) in [5.74, 6) is -3.20. The lowest BCUT2D eigenvalue weighted by Gasteiger charge is -2.18. The van der Waals surface area contributed by atoms with Gasteiger partial charge in [-0.25, -0.2) is 19.2 Å². The molecule has 162 valence electrons. The lowest BCUT2D eigenvalue weighted by atomic mass is 9.94. The average molecular weight is 416 g/mol. The summed E-state index contributed by atoms with van der Waals surface area (Å²) in [6.07, 6.45) is 6.14. The number of fused-ring (bicyclic) bond motifs is 1. The average Bonchev–Trinajstić information content (AvgIpc) is 2.98. The summed E-state index contributed by atoms with van der Waals surface area (Å²) in [4.78, 5) is 47.2. The number of carbonyl (C=O) groups is 4. The summed E-state index contributed by atoms with van der Waals surface area (Å²) in [6, 6.07) is 2.57. The van der Waals surface area contributed by atoms with E-state index < -0.39 is 23.9 Å². The van der Waals surface area contributed by atoms with E-state index >= 15 is 0 Å². The Morgan fingerprint density at radius 3 is 2.43 bits per heavy atom. The van der Waals surface area contributed by atoms with Crippen molar-refractivity contribution >= 4 is 23.9 Å². The third-order valence-corrected chi connectivity index (χ3v) is 5.05. The minimum absolute atomic E-state index is 0.0141. The molecule has 1 aromatic carbocycles. The van der Waals surface area contributed by atoms with Crippen molar-refractivity contribution in [3.8, 4) is 0 Å². The molecule has 1 aromatic rings. The lowest BCUT2D eigenvalue weighted by molar-refractivity contribution is -0.145. The molecule has 0 bridgehead atoms. The predicted octanol–water partition coefficient (Wildman–Crippen LogP) is 4.48. The molecule has 1 unspecified atom stereocenters. The second-order valence-corrected chi connectivity index (χ2v) is 7.59. The van der Waals surface area contributed by atoms with Gasteiger partial charge in [-0.2, -0.15) is 0 Å². The van der Waals surface area contributed by atoms with Crippen molar-refractivity contribution in [2.45, 2.75) is 71.3 Å². The fourth-order valence-electron chi connectivity index (χ4n) is 3.45. The Labute approximate surface area is 176 Å². The molecule has 7 nitrogen and oxygen atoms in total. The van der Waals surface area contributed by atoms with Gasteiger partial charge in [0.2, 0.25) is 0 Å². The van der Waals surface area contributed by atoms with Crippen LogP contribution in [0.3, 0.4) is 0 Å². The molecule has 1 aliphatic heterocycles. The van der Waals surface area contributed by atoms with Crippen molar-refractivity contribution in [2.75, 3.05) is 0 Å². The summed E-state index contributed by atoms with van der Waals surface area (Å²) in [6.45, 7) is 7.33. The van der Waals surface area contributed by atoms with Crippen LogP contribution in [0.25, 0.3) is 0 Å². The summed E-state index contributed by atoms with van der Waals surface area (Å²) in [5, 5.41) is 9.30. The summed E-state index contributed by atoms with van der Waals surface area (Å²) in [5.41, 5.74) is 0.835. The number of hydrogen-bond acceptors (Lipinski definition) is 6. The highest BCUT2D eigenvalue weighted by molar-refractivity contribution is 6.16. The normalized spacial score (nSPS) is 13.5. The van der Waals surface area contributed by atoms with Gasteiger partial charge in [-0.15, -0.1) is 0 Å². The molecule has 2 rings (SSSR count). The molecule has 1 heterocycles. The largest absolute Gasteiger partial charge is 0.478 e. The van der Waals surface area contributed by atoms with Gasteiger partial charge in [0.25, 0.3) is 0 Å². The standard InChI is InChI=1S/C23H28O7/c1-4-5-6-7-10-17(29-21(26)14(2)3)11-8-9-15-12-16(20(24)25)13-18-19(15)23(28)30-22(18)27/h12-13,17H,2,4-11H2,1,3H3,(H,24,25). The van der Waals surface area contributed by atoms with Gasteiger partial charge in [-0.1, -0.05) is 32.8 Å². The van der Waals surface area contributed by atoms with Gasteiger partial charge in [0.05, 0.1) is 16.7 Å². The first kappa shape index (κ1) is 23.3. The van der Waals surface area contributed by atoms with Crippen LogP contribution in [0, 0.1) is 0 Å². The number of hydrogen-bond donors (Lipinski definition) is 1. The molecular formula is C23H28O7. The number of rotatable bonds is 12. The summed E-state index contributed by atoms with van der Waals surface area (Å²) < 4.78 is 10.2. The maximum absolute atomic E-state index is 12.0. The molecule has 7 heteroatoms. The van der Waals surface area contributed by atoms with Gasteiger partial charge < -0.3 is 14.6 Å². The van der Waals surface area contributed by atoms with Crippen LogP contribution in [-0.2, 0) is 20.7 Å². The van der Waals surface area contributed by atoms with Crippen molar-refractivity contribution in [2.24, 2.45) is 0 Å². The van der Waals surface area contributed by atoms with E-state index in [2.05, 4.69) is 18.2 Å². The van der Waals surface area contributed by atoms with E-state index in [1.807, 2.05) is 0 Å². The van der Waals surface area contributed by atoms with Crippen molar-refractivity contribution in [3.05, 3.63) is 46.5 Å². The number of carboxylic acids is 1. The van der Waals surface area contributed by atoms with Gasteiger partial charge >= 0.3 is 23.9 Å². The lowest BCUT2D eigenvalue weighted by Crippen LogP contribution is -2.19. The smallest absolute Gasteiger partial charge is 0.347 e. The monoisotopic (exact) mass is 416 g/mol. The number of carboxylic acid groups (broad SMARTS) is 1. The molecular weight excluding hydrogens is 388 g/mol. The van der Waals surface area contributed by atoms with Gasteiger partial charge in [0, 0.05) is 5.57 Å². The Morgan fingerprint density at radius 2 is 1.80 bits per heavy atom. The fourth-order valence-corrected chi connectivity index (χ4v) is 3.45. The van der Waals surface area contributed by atoms with Crippen LogP contribution >= 0.6 is 0 Å². The molecule has 0 spiro atoms. The quantitative estimate of drug-likeness (QED) is 0.232. The third-order valence-electron chi connectivity index (χ3n) is 5.05. The highest BCUT2D eigenvalue weighted by atomic mass is 16.6. The second-order valence-electron chi connectivity index (χ2n) is 7.59. The Balaban J connectivity index is 2.09. The van der Waals surface area contributed by atoms with Crippen LogP contribution < -0.4 is 0 Å². The third kappa shape index (κ3) is 6.02. The number of aryl methyl sites for hydroxylation is 1. The van der Waals surface area contributed by atoms with E-state index in [1.54, 1.807) is 6.92 Å². The molecule has 0 saturated carbocycles. The molecule has 0 amide bonds. The maximum Gasteiger partial charge on any atom is 0.347 e. The minimum Gasteiger partial charge on any atom is -0.478 e. The number of unbranched alkanes of at least 4 members (excludes halogenated alkanes) is 3. The Hall–Kier alpha value is -2.96. The predicted molar refractivity (Wildman–Crippen MR) is 110 cm³/mol. The van der Waals surface area contributed by atoms with E-state index in [0.29, 0.717) is 30.4 Å². The highest BCUT2D eigenvalue weighted by Crippen LogP contribution is 2.27. The number of cyclic esters (lactones) is 2. The van der Waals surface area contributed by atoms with Gasteiger partial charge in [-0.3, -0.25) is 0 Å². The van der Waals surface area contributed by atoms with Crippen LogP contribution in [0.2, 0.25) is 0 Å². The highest BCUT2D eigenvalue weighted by Gasteiger charge is 2.33. The van der Waals surface area contributed by atoms with Gasteiger partial charge in [0.15, 0.2) is 0 Å². The fraction of sp³-hybridized carbons (Fsp3) is 0.478. The number of esters is 3. The van der Waals surface area contributed by atoms with Crippen molar-refractivity contribution in [3.63, 3.8) is 0 Å². The first-order chi connectivity index (χ1) is 14.2. The van der Waals surface area contributed by atoms with Crippen LogP contribution in [-0.4, -0.2) is 35.1 Å². The van der Waals surface area contributed by atoms with Gasteiger partial charge in [0.1, 0.15) is 6.10 Å². The number of carbonyl (C=O) groups excluding carboxylic acids is 3. The SMILES string of the molecule is C=C(C)C(=O)OC(CCCCCC)CCCc1cc(C(=O)O)cc2c1C(=O)OC2=O. The van der Waals surface area contributed by atoms with Crippen molar-refractivity contribution in [1.82, 2.24) is 0 Å². The Bertz CT molecular complexity index is 853. The van der Waals surface area contributed by atoms with E-state index in [-0.39, 0.29) is 22.8 Å². The molecule has 1 atom stereocenters. The molecule has 1 N–H and O–H groups in total. The minimum atomic E-state index is -1.18. The molecule has 0 aliphatic carbocycles. The first-order valence-electron chi connectivity index (χ1n) is 10.3. The molecule has 0 saturated heterocycles. The summed E-state index contributed by atoms with van der Waals surface area (Å²) >= 11 is 0. The summed E-state index contributed by atoms with van der Waals surface area (Å²) in [7, 11) is 0. The first-order valence-corrected chi connectivity index (χ1v) is 10.3. The van der Waals surface area contributed by atoms with E-state index in [4.69, 9.17) is 4.74 Å². The maximum atomic E-state index is 12.0. The zero-order chi connectivity index (χ0) is 22.3. The second kappa shape index (κ2) is 10.7. The topological polar surface area (TPSA) is 107 Å². The number of ether oxygens (including phenoxy) is 2. The zero-order valence-corrected chi connectivity index (χ0v) is 17.5. The van der Waals surface area contributed by atoms with Crippen LogP contribution in [0.15, 0.2) is 24.3 Å². The Kier molecular flexibility index (Phi) is 8.33. The van der Waals surface area contributed by atoms with Crippen LogP contribution in [0.5, 0.6) is 0 Å². The molecule has 30 heavy (non-hydrogen) atoms. The zero-order valence-electron chi connectivity index (χ0n) is 17.5. The van der Waals surface area contributed by atoms with E-state index in [1.165, 1.54) is 12.1 Å². The number of benzene rings is 1.